The second-order valence-corrected chi connectivity index (χ2v) is 7.54. The molecule has 136 valence electrons. The number of hydrogen-bond acceptors (Lipinski definition) is 3. The maximum Gasteiger partial charge on any atom is 0.260 e. The summed E-state index contributed by atoms with van der Waals surface area (Å²) in [4.78, 5) is 29.2. The zero-order valence-corrected chi connectivity index (χ0v) is 15.6. The van der Waals surface area contributed by atoms with E-state index in [1.54, 1.807) is 24.3 Å². The van der Waals surface area contributed by atoms with Crippen molar-refractivity contribution in [3.63, 3.8) is 0 Å². The molecule has 0 saturated carbocycles. The van der Waals surface area contributed by atoms with Gasteiger partial charge in [-0.05, 0) is 50.8 Å². The monoisotopic (exact) mass is 364 g/mol. The van der Waals surface area contributed by atoms with Crippen LogP contribution in [0.2, 0.25) is 5.02 Å². The quantitative estimate of drug-likeness (QED) is 0.828. The third-order valence-electron chi connectivity index (χ3n) is 5.66. The molecular formula is C19H25ClN2O3. The molecule has 0 aromatic heterocycles. The fourth-order valence-corrected chi connectivity index (χ4v) is 4.41. The van der Waals surface area contributed by atoms with E-state index < -0.39 is 5.41 Å². The normalized spacial score (nSPS) is 26.8. The Kier molecular flexibility index (Phi) is 5.23. The number of likely N-dealkylation sites (tertiary alicyclic amines) is 2. The molecule has 3 rings (SSSR count). The second kappa shape index (κ2) is 7.24. The SMILES string of the molecule is C[C@@H]1N(C(=O)COc2cccc(Cl)c2)CCC[C@@]12CCCN(C)C2=O. The Morgan fingerprint density at radius 2 is 2.04 bits per heavy atom. The topological polar surface area (TPSA) is 49.9 Å². The fourth-order valence-electron chi connectivity index (χ4n) is 4.23. The van der Waals surface area contributed by atoms with Gasteiger partial charge in [0.05, 0.1) is 5.41 Å². The van der Waals surface area contributed by atoms with E-state index in [2.05, 4.69) is 0 Å². The average Bonchev–Trinajstić information content (AvgIpc) is 2.59. The molecule has 2 fully saturated rings. The van der Waals surface area contributed by atoms with Crippen LogP contribution in [0.4, 0.5) is 0 Å². The molecule has 0 aliphatic carbocycles. The molecular weight excluding hydrogens is 340 g/mol. The molecule has 0 bridgehead atoms. The largest absolute Gasteiger partial charge is 0.484 e. The lowest BCUT2D eigenvalue weighted by Gasteiger charge is -2.51. The van der Waals surface area contributed by atoms with Gasteiger partial charge in [0.25, 0.3) is 5.91 Å². The molecule has 2 aliphatic rings. The standard InChI is InChI=1S/C19H25ClN2O3/c1-14-19(8-4-10-21(2)18(19)24)9-5-11-22(14)17(23)13-25-16-7-3-6-15(20)12-16/h3,6-7,12,14H,4-5,8-11,13H2,1-2H3/t14-,19-/m0/s1. The van der Waals surface area contributed by atoms with Crippen LogP contribution in [0, 0.1) is 5.41 Å². The molecule has 2 heterocycles. The van der Waals surface area contributed by atoms with Crippen LogP contribution < -0.4 is 4.74 Å². The Bertz CT molecular complexity index is 662. The summed E-state index contributed by atoms with van der Waals surface area (Å²) in [5.41, 5.74) is -0.434. The highest BCUT2D eigenvalue weighted by Crippen LogP contribution is 2.43. The van der Waals surface area contributed by atoms with Gasteiger partial charge in [-0.15, -0.1) is 0 Å². The summed E-state index contributed by atoms with van der Waals surface area (Å²) in [5, 5.41) is 0.575. The molecule has 1 aromatic rings. The van der Waals surface area contributed by atoms with E-state index in [4.69, 9.17) is 16.3 Å². The van der Waals surface area contributed by atoms with E-state index >= 15 is 0 Å². The lowest BCUT2D eigenvalue weighted by Crippen LogP contribution is -2.61. The van der Waals surface area contributed by atoms with Crippen molar-refractivity contribution in [3.8, 4) is 5.75 Å². The third-order valence-corrected chi connectivity index (χ3v) is 5.89. The van der Waals surface area contributed by atoms with Crippen LogP contribution in [-0.4, -0.2) is 54.4 Å². The third kappa shape index (κ3) is 3.47. The molecule has 25 heavy (non-hydrogen) atoms. The van der Waals surface area contributed by atoms with Crippen LogP contribution in [0.15, 0.2) is 24.3 Å². The zero-order chi connectivity index (χ0) is 18.0. The van der Waals surface area contributed by atoms with Gasteiger partial charge in [0.15, 0.2) is 6.61 Å². The van der Waals surface area contributed by atoms with Gasteiger partial charge >= 0.3 is 0 Å². The van der Waals surface area contributed by atoms with Crippen LogP contribution >= 0.6 is 11.6 Å². The minimum Gasteiger partial charge on any atom is -0.484 e. The Morgan fingerprint density at radius 1 is 1.32 bits per heavy atom. The predicted molar refractivity (Wildman–Crippen MR) is 96.7 cm³/mol. The highest BCUT2D eigenvalue weighted by molar-refractivity contribution is 6.30. The van der Waals surface area contributed by atoms with E-state index in [1.165, 1.54) is 0 Å². The molecule has 1 spiro atoms. The van der Waals surface area contributed by atoms with Crippen molar-refractivity contribution in [1.29, 1.82) is 0 Å². The van der Waals surface area contributed by atoms with Crippen molar-refractivity contribution in [2.75, 3.05) is 26.7 Å². The second-order valence-electron chi connectivity index (χ2n) is 7.10. The molecule has 2 aliphatic heterocycles. The Hall–Kier alpha value is -1.75. The van der Waals surface area contributed by atoms with E-state index in [1.807, 2.05) is 23.8 Å². The number of rotatable bonds is 3. The van der Waals surface area contributed by atoms with Gasteiger partial charge in [0.1, 0.15) is 5.75 Å². The van der Waals surface area contributed by atoms with Gasteiger partial charge in [0, 0.05) is 31.2 Å². The number of piperidine rings is 2. The van der Waals surface area contributed by atoms with Gasteiger partial charge in [-0.3, -0.25) is 9.59 Å². The molecule has 5 nitrogen and oxygen atoms in total. The maximum atomic E-state index is 12.8. The Balaban J connectivity index is 1.69. The molecule has 0 radical (unpaired) electrons. The number of carbonyl (C=O) groups is 2. The predicted octanol–water partition coefficient (Wildman–Crippen LogP) is 2.97. The number of benzene rings is 1. The summed E-state index contributed by atoms with van der Waals surface area (Å²) in [5.74, 6) is 0.681. The van der Waals surface area contributed by atoms with E-state index in [-0.39, 0.29) is 24.5 Å². The number of amides is 2. The number of ether oxygens (including phenoxy) is 1. The Morgan fingerprint density at radius 3 is 2.76 bits per heavy atom. The van der Waals surface area contributed by atoms with Gasteiger partial charge in [-0.25, -0.2) is 0 Å². The number of halogens is 1. The van der Waals surface area contributed by atoms with E-state index in [0.29, 0.717) is 17.3 Å². The van der Waals surface area contributed by atoms with Gasteiger partial charge < -0.3 is 14.5 Å². The summed E-state index contributed by atoms with van der Waals surface area (Å²) in [6.45, 7) is 3.45. The highest BCUT2D eigenvalue weighted by Gasteiger charge is 2.51. The first-order valence-electron chi connectivity index (χ1n) is 8.87. The van der Waals surface area contributed by atoms with Crippen LogP contribution in [0.25, 0.3) is 0 Å². The van der Waals surface area contributed by atoms with Crippen molar-refractivity contribution in [1.82, 2.24) is 9.80 Å². The van der Waals surface area contributed by atoms with E-state index in [0.717, 1.165) is 32.2 Å². The van der Waals surface area contributed by atoms with E-state index in [9.17, 15) is 9.59 Å². The van der Waals surface area contributed by atoms with Crippen LogP contribution in [0.3, 0.4) is 0 Å². The minimum atomic E-state index is -0.434. The summed E-state index contributed by atoms with van der Waals surface area (Å²) in [7, 11) is 1.86. The van der Waals surface area contributed by atoms with Crippen molar-refractivity contribution in [3.05, 3.63) is 29.3 Å². The lowest BCUT2D eigenvalue weighted by atomic mass is 9.68. The first-order chi connectivity index (χ1) is 11.9. The van der Waals surface area contributed by atoms with Crippen molar-refractivity contribution >= 4 is 23.4 Å². The van der Waals surface area contributed by atoms with Crippen LogP contribution in [0.1, 0.15) is 32.6 Å². The minimum absolute atomic E-state index is 0.0369. The van der Waals surface area contributed by atoms with Gasteiger partial charge in [0.2, 0.25) is 5.91 Å². The first kappa shape index (κ1) is 18.1. The summed E-state index contributed by atoms with van der Waals surface area (Å²) in [6, 6.07) is 6.91. The highest BCUT2D eigenvalue weighted by atomic mass is 35.5. The summed E-state index contributed by atoms with van der Waals surface area (Å²) >= 11 is 5.94. The first-order valence-corrected chi connectivity index (χ1v) is 9.25. The zero-order valence-electron chi connectivity index (χ0n) is 14.8. The number of hydrogen-bond donors (Lipinski definition) is 0. The molecule has 2 amide bonds. The van der Waals surface area contributed by atoms with Crippen molar-refractivity contribution < 1.29 is 14.3 Å². The van der Waals surface area contributed by atoms with Crippen LogP contribution in [0.5, 0.6) is 5.75 Å². The molecule has 2 saturated heterocycles. The Labute approximate surface area is 153 Å². The summed E-state index contributed by atoms with van der Waals surface area (Å²) in [6.07, 6.45) is 3.56. The average molecular weight is 365 g/mol. The van der Waals surface area contributed by atoms with Crippen LogP contribution in [-0.2, 0) is 9.59 Å². The summed E-state index contributed by atoms with van der Waals surface area (Å²) < 4.78 is 5.60. The molecule has 2 atom stereocenters. The molecule has 0 unspecified atom stereocenters. The smallest absolute Gasteiger partial charge is 0.260 e. The lowest BCUT2D eigenvalue weighted by molar-refractivity contribution is -0.159. The molecule has 1 aromatic carbocycles. The number of carbonyl (C=O) groups excluding carboxylic acids is 2. The molecule has 6 heteroatoms. The maximum absolute atomic E-state index is 12.8. The van der Waals surface area contributed by atoms with Crippen molar-refractivity contribution in [2.45, 2.75) is 38.6 Å². The molecule has 0 N–H and O–H groups in total. The van der Waals surface area contributed by atoms with Gasteiger partial charge in [-0.2, -0.15) is 0 Å². The number of nitrogens with zero attached hydrogens (tertiary/aromatic N) is 2. The van der Waals surface area contributed by atoms with Crippen molar-refractivity contribution in [2.24, 2.45) is 5.41 Å². The fraction of sp³-hybridized carbons (Fsp3) is 0.579. The van der Waals surface area contributed by atoms with Gasteiger partial charge in [-0.1, -0.05) is 17.7 Å².